The average Bonchev–Trinajstić information content (AvgIpc) is 2.82. The Morgan fingerprint density at radius 3 is 2.87 bits per heavy atom. The van der Waals surface area contributed by atoms with Crippen molar-refractivity contribution >= 4 is 22.2 Å². The predicted molar refractivity (Wildman–Crippen MR) is 59.5 cm³/mol. The molecule has 0 aliphatic heterocycles. The molecule has 3 nitrogen and oxygen atoms in total. The maximum Gasteiger partial charge on any atom is 0.178 e. The molecular weight excluding hydrogens is 206 g/mol. The molecule has 0 bridgehead atoms. The molecule has 4 heteroatoms. The summed E-state index contributed by atoms with van der Waals surface area (Å²) in [7, 11) is 0. The van der Waals surface area contributed by atoms with Crippen LogP contribution in [0.15, 0.2) is 36.4 Å². The van der Waals surface area contributed by atoms with Gasteiger partial charge < -0.3 is 0 Å². The molecular formula is C11H6N3S. The van der Waals surface area contributed by atoms with E-state index in [4.69, 9.17) is 0 Å². The van der Waals surface area contributed by atoms with Gasteiger partial charge in [0.25, 0.3) is 0 Å². The highest BCUT2D eigenvalue weighted by Crippen LogP contribution is 2.21. The summed E-state index contributed by atoms with van der Waals surface area (Å²) in [6.07, 6.45) is 0. The molecule has 0 saturated heterocycles. The van der Waals surface area contributed by atoms with Crippen molar-refractivity contribution in [2.45, 2.75) is 0 Å². The van der Waals surface area contributed by atoms with Gasteiger partial charge in [0.1, 0.15) is 5.69 Å². The van der Waals surface area contributed by atoms with Crippen LogP contribution in [-0.4, -0.2) is 15.2 Å². The second kappa shape index (κ2) is 3.40. The van der Waals surface area contributed by atoms with Gasteiger partial charge in [0, 0.05) is 5.39 Å². The van der Waals surface area contributed by atoms with Crippen molar-refractivity contribution in [3.63, 3.8) is 0 Å². The van der Waals surface area contributed by atoms with Gasteiger partial charge in [-0.25, -0.2) is 4.98 Å². The molecule has 0 amide bonds. The summed E-state index contributed by atoms with van der Waals surface area (Å²) in [6.45, 7) is 0. The molecule has 0 saturated carbocycles. The number of hydrogen-bond acceptors (Lipinski definition) is 4. The quantitative estimate of drug-likeness (QED) is 0.622. The summed E-state index contributed by atoms with van der Waals surface area (Å²) in [6, 6.07) is 12.0. The summed E-state index contributed by atoms with van der Waals surface area (Å²) in [4.78, 5) is 4.51. The van der Waals surface area contributed by atoms with E-state index in [-0.39, 0.29) is 0 Å². The Morgan fingerprint density at radius 2 is 2.00 bits per heavy atom. The molecule has 1 aromatic carbocycles. The van der Waals surface area contributed by atoms with Crippen LogP contribution in [0.2, 0.25) is 0 Å². The third kappa shape index (κ3) is 1.49. The third-order valence-corrected chi connectivity index (χ3v) is 2.80. The lowest BCUT2D eigenvalue weighted by Crippen LogP contribution is -1.84. The van der Waals surface area contributed by atoms with Crippen molar-refractivity contribution in [1.82, 2.24) is 15.2 Å². The van der Waals surface area contributed by atoms with E-state index in [1.165, 1.54) is 11.3 Å². The molecule has 3 aromatic rings. The van der Waals surface area contributed by atoms with E-state index < -0.39 is 0 Å². The predicted octanol–water partition coefficient (Wildman–Crippen LogP) is 2.55. The number of hydrogen-bond donors (Lipinski definition) is 0. The van der Waals surface area contributed by atoms with E-state index in [1.54, 1.807) is 0 Å². The van der Waals surface area contributed by atoms with Crippen LogP contribution in [-0.2, 0) is 0 Å². The van der Waals surface area contributed by atoms with Gasteiger partial charge in [-0.3, -0.25) is 0 Å². The van der Waals surface area contributed by atoms with Crippen LogP contribution in [0.5, 0.6) is 0 Å². The van der Waals surface area contributed by atoms with Crippen molar-refractivity contribution in [3.8, 4) is 10.7 Å². The van der Waals surface area contributed by atoms with Crippen molar-refractivity contribution < 1.29 is 0 Å². The number of aromatic nitrogens is 3. The SMILES string of the molecule is [c]1nnc(-c2ccc3ccccc3n2)s1. The first kappa shape index (κ1) is 8.49. The summed E-state index contributed by atoms with van der Waals surface area (Å²) < 4.78 is 0. The summed E-state index contributed by atoms with van der Waals surface area (Å²) >= 11 is 1.37. The molecule has 0 N–H and O–H groups in total. The molecule has 0 aliphatic carbocycles. The number of fused-ring (bicyclic) bond motifs is 1. The zero-order valence-electron chi connectivity index (χ0n) is 7.71. The molecule has 2 heterocycles. The van der Waals surface area contributed by atoms with Crippen molar-refractivity contribution in [2.24, 2.45) is 0 Å². The van der Waals surface area contributed by atoms with Gasteiger partial charge in [0.2, 0.25) is 0 Å². The first-order valence-electron chi connectivity index (χ1n) is 4.49. The minimum atomic E-state index is 0.806. The van der Waals surface area contributed by atoms with E-state index in [0.29, 0.717) is 0 Å². The van der Waals surface area contributed by atoms with E-state index in [2.05, 4.69) is 20.7 Å². The van der Waals surface area contributed by atoms with Gasteiger partial charge in [-0.1, -0.05) is 35.6 Å². The molecule has 0 atom stereocenters. The normalized spacial score (nSPS) is 10.7. The summed E-state index contributed by atoms with van der Waals surface area (Å²) in [5, 5.41) is 9.57. The van der Waals surface area contributed by atoms with Gasteiger partial charge in [-0.2, -0.15) is 0 Å². The topological polar surface area (TPSA) is 38.7 Å². The fourth-order valence-electron chi connectivity index (χ4n) is 1.44. The van der Waals surface area contributed by atoms with Gasteiger partial charge in [0.05, 0.1) is 5.52 Å². The van der Waals surface area contributed by atoms with Gasteiger partial charge >= 0.3 is 0 Å². The number of para-hydroxylation sites is 1. The maximum absolute atomic E-state index is 4.51. The Morgan fingerprint density at radius 1 is 1.07 bits per heavy atom. The molecule has 3 rings (SSSR count). The number of benzene rings is 1. The van der Waals surface area contributed by atoms with Crippen LogP contribution in [0.3, 0.4) is 0 Å². The minimum absolute atomic E-state index is 0.806. The molecule has 2 aromatic heterocycles. The average molecular weight is 212 g/mol. The zero-order chi connectivity index (χ0) is 10.1. The van der Waals surface area contributed by atoms with Gasteiger partial charge in [-0.05, 0) is 12.1 Å². The van der Waals surface area contributed by atoms with E-state index in [0.717, 1.165) is 21.6 Å². The highest BCUT2D eigenvalue weighted by molar-refractivity contribution is 7.12. The second-order valence-electron chi connectivity index (χ2n) is 3.09. The largest absolute Gasteiger partial charge is 0.245 e. The van der Waals surface area contributed by atoms with Crippen molar-refractivity contribution in [1.29, 1.82) is 0 Å². The molecule has 15 heavy (non-hydrogen) atoms. The lowest BCUT2D eigenvalue weighted by molar-refractivity contribution is 1.08. The van der Waals surface area contributed by atoms with Gasteiger partial charge in [0.15, 0.2) is 10.5 Å². The van der Waals surface area contributed by atoms with Gasteiger partial charge in [-0.15, -0.1) is 10.2 Å². The highest BCUT2D eigenvalue weighted by Gasteiger charge is 2.03. The number of pyridine rings is 1. The smallest absolute Gasteiger partial charge is 0.178 e. The van der Waals surface area contributed by atoms with Crippen LogP contribution in [0, 0.1) is 5.51 Å². The van der Waals surface area contributed by atoms with E-state index in [1.807, 2.05) is 36.4 Å². The molecule has 0 spiro atoms. The third-order valence-electron chi connectivity index (χ3n) is 2.14. The molecule has 0 unspecified atom stereocenters. The van der Waals surface area contributed by atoms with Crippen LogP contribution in [0.25, 0.3) is 21.6 Å². The Balaban J connectivity index is 2.22. The Bertz CT molecular complexity index is 590. The van der Waals surface area contributed by atoms with Crippen LogP contribution in [0.4, 0.5) is 0 Å². The van der Waals surface area contributed by atoms with Crippen molar-refractivity contribution in [3.05, 3.63) is 41.9 Å². The summed E-state index contributed by atoms with van der Waals surface area (Å²) in [5.74, 6) is 0. The molecule has 1 radical (unpaired) electrons. The van der Waals surface area contributed by atoms with Crippen LogP contribution in [0.1, 0.15) is 0 Å². The monoisotopic (exact) mass is 212 g/mol. The van der Waals surface area contributed by atoms with E-state index in [9.17, 15) is 0 Å². The number of nitrogens with zero attached hydrogens (tertiary/aromatic N) is 3. The Kier molecular flexibility index (Phi) is 1.93. The Labute approximate surface area is 90.4 Å². The molecule has 0 fully saturated rings. The fraction of sp³-hybridized carbons (Fsp3) is 0. The Hall–Kier alpha value is -1.81. The molecule has 71 valence electrons. The first-order valence-corrected chi connectivity index (χ1v) is 5.31. The highest BCUT2D eigenvalue weighted by atomic mass is 32.1. The molecule has 0 aliphatic rings. The number of rotatable bonds is 1. The lowest BCUT2D eigenvalue weighted by atomic mass is 10.2. The van der Waals surface area contributed by atoms with Crippen molar-refractivity contribution in [2.75, 3.05) is 0 Å². The lowest BCUT2D eigenvalue weighted by Gasteiger charge is -1.98. The second-order valence-corrected chi connectivity index (χ2v) is 3.86. The minimum Gasteiger partial charge on any atom is -0.245 e. The fourth-order valence-corrected chi connectivity index (χ4v) is 1.91. The first-order chi connectivity index (χ1) is 7.43. The summed E-state index contributed by atoms with van der Waals surface area (Å²) in [5.41, 5.74) is 4.55. The van der Waals surface area contributed by atoms with E-state index >= 15 is 0 Å². The van der Waals surface area contributed by atoms with Crippen LogP contribution >= 0.6 is 11.3 Å². The maximum atomic E-state index is 4.51. The van der Waals surface area contributed by atoms with Crippen LogP contribution < -0.4 is 0 Å². The zero-order valence-corrected chi connectivity index (χ0v) is 8.53. The standard InChI is InChI=1S/C11H6N3S/c1-2-4-9-8(3-1)5-6-10(13-9)11-14-12-7-15-11/h1-6H.